The summed E-state index contributed by atoms with van der Waals surface area (Å²) in [7, 11) is 0. The molecule has 0 saturated carbocycles. The summed E-state index contributed by atoms with van der Waals surface area (Å²) < 4.78 is 0. The van der Waals surface area contributed by atoms with Crippen LogP contribution in [0, 0.1) is 13.8 Å². The van der Waals surface area contributed by atoms with Crippen LogP contribution >= 0.6 is 0 Å². The smallest absolute Gasteiger partial charge is 0.0485 e. The van der Waals surface area contributed by atoms with Crippen LogP contribution in [0.15, 0.2) is 97.1 Å². The van der Waals surface area contributed by atoms with E-state index in [9.17, 15) is 0 Å². The molecule has 0 fully saturated rings. The zero-order chi connectivity index (χ0) is 24.9. The molecule has 3 heteroatoms. The minimum atomic E-state index is 0.822. The number of nitrogens with two attached hydrogens (primary N) is 2. The van der Waals surface area contributed by atoms with E-state index in [-0.39, 0.29) is 0 Å². The van der Waals surface area contributed by atoms with E-state index >= 15 is 0 Å². The molecule has 3 aromatic rings. The largest absolute Gasteiger partial charge is 0.399 e. The van der Waals surface area contributed by atoms with Crippen LogP contribution in [-0.4, -0.2) is 0 Å². The summed E-state index contributed by atoms with van der Waals surface area (Å²) in [6.07, 6.45) is 8.76. The number of hydrazine groups is 1. The van der Waals surface area contributed by atoms with Gasteiger partial charge in [0.1, 0.15) is 0 Å². The predicted octanol–water partition coefficient (Wildman–Crippen LogP) is 8.33. The lowest BCUT2D eigenvalue weighted by atomic mass is 9.97. The molecule has 0 atom stereocenters. The van der Waals surface area contributed by atoms with Gasteiger partial charge in [0.25, 0.3) is 0 Å². The van der Waals surface area contributed by atoms with Gasteiger partial charge in [-0.15, -0.1) is 0 Å². The zero-order valence-corrected chi connectivity index (χ0v) is 21.3. The molecular formula is C30H43N3. The second kappa shape index (κ2) is 19.4. The molecule has 0 heterocycles. The molecular weight excluding hydrogens is 402 g/mol. The number of allylic oxidation sites excluding steroid dienone is 4. The summed E-state index contributed by atoms with van der Waals surface area (Å²) >= 11 is 0. The molecule has 5 N–H and O–H groups in total. The summed E-state index contributed by atoms with van der Waals surface area (Å²) in [5, 5.41) is 0. The number of hydrogen-bond donors (Lipinski definition) is 3. The number of rotatable bonds is 2. The third-order valence-electron chi connectivity index (χ3n) is 4.45. The first-order valence-corrected chi connectivity index (χ1v) is 11.8. The van der Waals surface area contributed by atoms with Crippen LogP contribution in [0.25, 0.3) is 5.57 Å². The van der Waals surface area contributed by atoms with Gasteiger partial charge in [0, 0.05) is 11.4 Å². The molecule has 0 aromatic heterocycles. The summed E-state index contributed by atoms with van der Waals surface area (Å²) in [4.78, 5) is 0. The Hall–Kier alpha value is -3.30. The molecule has 4 rings (SSSR count). The Bertz CT molecular complexity index is 873. The molecule has 0 spiro atoms. The van der Waals surface area contributed by atoms with Crippen molar-refractivity contribution in [2.75, 3.05) is 11.2 Å². The highest BCUT2D eigenvalue weighted by Crippen LogP contribution is 2.24. The predicted molar refractivity (Wildman–Crippen MR) is 150 cm³/mol. The monoisotopic (exact) mass is 445 g/mol. The fourth-order valence-electron chi connectivity index (χ4n) is 2.71. The molecule has 0 saturated heterocycles. The van der Waals surface area contributed by atoms with Crippen LogP contribution in [-0.2, 0) is 0 Å². The van der Waals surface area contributed by atoms with E-state index in [0.717, 1.165) is 24.2 Å². The van der Waals surface area contributed by atoms with Crippen LogP contribution in [0.2, 0.25) is 0 Å². The van der Waals surface area contributed by atoms with Crippen LogP contribution in [0.4, 0.5) is 11.4 Å². The Balaban J connectivity index is 0.000000462. The fraction of sp³-hybridized carbons (Fsp3) is 0.267. The number of nitrogens with one attached hydrogen (secondary N) is 1. The van der Waals surface area contributed by atoms with Crippen molar-refractivity contribution in [1.29, 1.82) is 0 Å². The van der Waals surface area contributed by atoms with E-state index in [1.54, 1.807) is 0 Å². The fourth-order valence-corrected chi connectivity index (χ4v) is 2.71. The van der Waals surface area contributed by atoms with E-state index in [4.69, 9.17) is 11.6 Å². The Kier molecular flexibility index (Phi) is 17.5. The average molecular weight is 446 g/mol. The number of nitrogen functional groups attached to an aromatic ring is 2. The van der Waals surface area contributed by atoms with Gasteiger partial charge in [0.15, 0.2) is 0 Å². The number of anilines is 2. The van der Waals surface area contributed by atoms with E-state index in [1.165, 1.54) is 22.3 Å². The van der Waals surface area contributed by atoms with Crippen molar-refractivity contribution in [2.24, 2.45) is 5.84 Å². The topological polar surface area (TPSA) is 64.1 Å². The van der Waals surface area contributed by atoms with Crippen molar-refractivity contribution >= 4 is 16.9 Å². The van der Waals surface area contributed by atoms with Gasteiger partial charge in [-0.05, 0) is 62.1 Å². The van der Waals surface area contributed by atoms with Gasteiger partial charge in [0.2, 0.25) is 0 Å². The second-order valence-electron chi connectivity index (χ2n) is 6.95. The molecule has 0 radical (unpaired) electrons. The van der Waals surface area contributed by atoms with Crippen LogP contribution in [0.1, 0.15) is 57.2 Å². The molecule has 1 aliphatic rings. The van der Waals surface area contributed by atoms with E-state index in [1.807, 2.05) is 70.2 Å². The van der Waals surface area contributed by atoms with Crippen molar-refractivity contribution < 1.29 is 0 Å². The highest BCUT2D eigenvalue weighted by atomic mass is 15.2. The standard InChI is InChI=1S/C12H14N2.C8H10.C6H7N.2C2H6/c13-14-12-8-6-11(7-9-12)10-4-2-1-3-5-10;1-7-3-5-8(2)6-4-7;7-6-4-2-1-3-5-6;2*1-2/h1-2,4,6-9,14H,3,5,13H2;3-6H,1-2H3;1-5H,7H2;2*1-2H3. The Morgan fingerprint density at radius 1 is 0.697 bits per heavy atom. The highest BCUT2D eigenvalue weighted by molar-refractivity contribution is 5.69. The molecule has 3 nitrogen and oxygen atoms in total. The number of para-hydroxylation sites is 1. The lowest BCUT2D eigenvalue weighted by Gasteiger charge is -2.09. The summed E-state index contributed by atoms with van der Waals surface area (Å²) in [5.74, 6) is 5.30. The van der Waals surface area contributed by atoms with Gasteiger partial charge in [-0.2, -0.15) is 0 Å². The van der Waals surface area contributed by atoms with Crippen LogP contribution in [0.3, 0.4) is 0 Å². The maximum absolute atomic E-state index is 5.36. The average Bonchev–Trinajstić information content (AvgIpc) is 2.90. The molecule has 0 amide bonds. The van der Waals surface area contributed by atoms with Gasteiger partial charge in [-0.1, -0.05) is 112 Å². The quantitative estimate of drug-likeness (QED) is 0.211. The SMILES string of the molecule is CC.CC.Cc1ccc(C)cc1.NNc1ccc(C2=CC=CCC2)cc1.Nc1ccccc1. The van der Waals surface area contributed by atoms with Crippen LogP contribution in [0.5, 0.6) is 0 Å². The van der Waals surface area contributed by atoms with Crippen LogP contribution < -0.4 is 17.0 Å². The minimum absolute atomic E-state index is 0.822. The zero-order valence-electron chi connectivity index (χ0n) is 21.3. The van der Waals surface area contributed by atoms with Gasteiger partial charge in [0.05, 0.1) is 0 Å². The van der Waals surface area contributed by atoms with Crippen molar-refractivity contribution in [3.05, 3.63) is 114 Å². The first-order chi connectivity index (χ1) is 16.1. The minimum Gasteiger partial charge on any atom is -0.399 e. The van der Waals surface area contributed by atoms with Gasteiger partial charge >= 0.3 is 0 Å². The lowest BCUT2D eigenvalue weighted by Crippen LogP contribution is -2.06. The molecule has 178 valence electrons. The Labute approximate surface area is 202 Å². The first-order valence-electron chi connectivity index (χ1n) is 11.8. The van der Waals surface area contributed by atoms with Crippen molar-refractivity contribution in [2.45, 2.75) is 54.4 Å². The maximum atomic E-state index is 5.36. The van der Waals surface area contributed by atoms with E-state index in [2.05, 4.69) is 73.9 Å². The van der Waals surface area contributed by atoms with Crippen molar-refractivity contribution in [3.63, 3.8) is 0 Å². The van der Waals surface area contributed by atoms with E-state index in [0.29, 0.717) is 0 Å². The summed E-state index contributed by atoms with van der Waals surface area (Å²) in [5.41, 5.74) is 15.1. The number of benzene rings is 3. The van der Waals surface area contributed by atoms with Gasteiger partial charge in [-0.25, -0.2) is 0 Å². The third-order valence-corrected chi connectivity index (χ3v) is 4.45. The number of hydrogen-bond acceptors (Lipinski definition) is 3. The van der Waals surface area contributed by atoms with Crippen molar-refractivity contribution in [3.8, 4) is 0 Å². The normalized spacial score (nSPS) is 10.8. The Morgan fingerprint density at radius 2 is 1.21 bits per heavy atom. The highest BCUT2D eigenvalue weighted by Gasteiger charge is 2.02. The number of aryl methyl sites for hydroxylation is 2. The maximum Gasteiger partial charge on any atom is 0.0485 e. The van der Waals surface area contributed by atoms with Crippen molar-refractivity contribution in [1.82, 2.24) is 0 Å². The molecule has 1 aliphatic carbocycles. The summed E-state index contributed by atoms with van der Waals surface area (Å²) in [6.45, 7) is 12.2. The second-order valence-corrected chi connectivity index (χ2v) is 6.95. The molecule has 33 heavy (non-hydrogen) atoms. The molecule has 0 aliphatic heterocycles. The first kappa shape index (κ1) is 29.7. The Morgan fingerprint density at radius 3 is 1.58 bits per heavy atom. The lowest BCUT2D eigenvalue weighted by molar-refractivity contribution is 1.05. The summed E-state index contributed by atoms with van der Waals surface area (Å²) in [6, 6.07) is 26.2. The van der Waals surface area contributed by atoms with Gasteiger partial charge in [-0.3, -0.25) is 5.84 Å². The van der Waals surface area contributed by atoms with E-state index < -0.39 is 0 Å². The molecule has 0 unspecified atom stereocenters. The third kappa shape index (κ3) is 13.7. The molecule has 3 aromatic carbocycles. The van der Waals surface area contributed by atoms with Gasteiger partial charge < -0.3 is 11.2 Å². The molecule has 0 bridgehead atoms.